The van der Waals surface area contributed by atoms with Crippen molar-refractivity contribution in [2.75, 3.05) is 6.54 Å². The van der Waals surface area contributed by atoms with E-state index in [0.29, 0.717) is 6.54 Å². The number of primary amides is 1. The average Bonchev–Trinajstić information content (AvgIpc) is 2.13. The van der Waals surface area contributed by atoms with E-state index in [9.17, 15) is 9.59 Å². The fourth-order valence-corrected chi connectivity index (χ4v) is 1.14. The molecule has 0 aliphatic carbocycles. The minimum Gasteiger partial charge on any atom is -0.368 e. The van der Waals surface area contributed by atoms with Crippen LogP contribution >= 0.6 is 0 Å². The number of amides is 3. The number of hydrogen-bond donors (Lipinski definition) is 3. The first-order chi connectivity index (χ1) is 6.99. The SMILES string of the molecule is CCCCNC(=O)NC(C(N)=O)C(C)C. The summed E-state index contributed by atoms with van der Waals surface area (Å²) in [4.78, 5) is 22.3. The third-order valence-electron chi connectivity index (χ3n) is 2.08. The molecule has 0 fully saturated rings. The number of unbranched alkanes of at least 4 members (excludes halogenated alkanes) is 1. The van der Waals surface area contributed by atoms with Crippen molar-refractivity contribution in [3.8, 4) is 0 Å². The number of carbonyl (C=O) groups is 2. The second-order valence-corrected chi connectivity index (χ2v) is 3.88. The van der Waals surface area contributed by atoms with Crippen LogP contribution in [0.3, 0.4) is 0 Å². The predicted octanol–water partition coefficient (Wildman–Crippen LogP) is 0.596. The Morgan fingerprint density at radius 2 is 1.93 bits per heavy atom. The van der Waals surface area contributed by atoms with Gasteiger partial charge in [0, 0.05) is 6.54 Å². The minimum absolute atomic E-state index is 0.000532. The summed E-state index contributed by atoms with van der Waals surface area (Å²) in [5.74, 6) is -0.505. The summed E-state index contributed by atoms with van der Waals surface area (Å²) in [6.45, 7) is 6.33. The average molecular weight is 215 g/mol. The molecule has 1 unspecified atom stereocenters. The van der Waals surface area contributed by atoms with Crippen LogP contribution in [-0.2, 0) is 4.79 Å². The molecule has 1 atom stereocenters. The highest BCUT2D eigenvalue weighted by molar-refractivity contribution is 5.86. The minimum atomic E-state index is -0.605. The van der Waals surface area contributed by atoms with Crippen molar-refractivity contribution in [1.82, 2.24) is 10.6 Å². The van der Waals surface area contributed by atoms with Gasteiger partial charge in [-0.1, -0.05) is 27.2 Å². The van der Waals surface area contributed by atoms with Gasteiger partial charge in [-0.15, -0.1) is 0 Å². The van der Waals surface area contributed by atoms with E-state index >= 15 is 0 Å². The Bertz CT molecular complexity index is 217. The number of nitrogens with one attached hydrogen (secondary N) is 2. The molecule has 4 N–H and O–H groups in total. The van der Waals surface area contributed by atoms with Gasteiger partial charge in [-0.25, -0.2) is 4.79 Å². The molecule has 0 bridgehead atoms. The molecule has 0 aromatic carbocycles. The molecule has 3 amide bonds. The Hall–Kier alpha value is -1.26. The lowest BCUT2D eigenvalue weighted by Gasteiger charge is -2.19. The van der Waals surface area contributed by atoms with Gasteiger partial charge in [-0.3, -0.25) is 4.79 Å². The molecule has 0 rings (SSSR count). The van der Waals surface area contributed by atoms with E-state index in [2.05, 4.69) is 10.6 Å². The number of carbonyl (C=O) groups excluding carboxylic acids is 2. The first kappa shape index (κ1) is 13.7. The largest absolute Gasteiger partial charge is 0.368 e. The van der Waals surface area contributed by atoms with Gasteiger partial charge < -0.3 is 16.4 Å². The molecular weight excluding hydrogens is 194 g/mol. The van der Waals surface area contributed by atoms with Crippen LogP contribution in [-0.4, -0.2) is 24.5 Å². The topological polar surface area (TPSA) is 84.2 Å². The van der Waals surface area contributed by atoms with Gasteiger partial charge in [0.05, 0.1) is 0 Å². The van der Waals surface area contributed by atoms with Crippen LogP contribution < -0.4 is 16.4 Å². The summed E-state index contributed by atoms with van der Waals surface area (Å²) in [6.07, 6.45) is 1.94. The van der Waals surface area contributed by atoms with Crippen LogP contribution in [0, 0.1) is 5.92 Å². The smallest absolute Gasteiger partial charge is 0.315 e. The highest BCUT2D eigenvalue weighted by Gasteiger charge is 2.20. The number of rotatable bonds is 6. The number of urea groups is 1. The zero-order valence-electron chi connectivity index (χ0n) is 9.67. The maximum Gasteiger partial charge on any atom is 0.315 e. The highest BCUT2D eigenvalue weighted by atomic mass is 16.2. The maximum absolute atomic E-state index is 11.3. The summed E-state index contributed by atoms with van der Waals surface area (Å²) in [7, 11) is 0. The highest BCUT2D eigenvalue weighted by Crippen LogP contribution is 2.00. The third-order valence-corrected chi connectivity index (χ3v) is 2.08. The molecular formula is C10H21N3O2. The lowest BCUT2D eigenvalue weighted by Crippen LogP contribution is -2.51. The Morgan fingerprint density at radius 1 is 1.33 bits per heavy atom. The van der Waals surface area contributed by atoms with E-state index in [1.54, 1.807) is 0 Å². The van der Waals surface area contributed by atoms with Crippen LogP contribution in [0.15, 0.2) is 0 Å². The predicted molar refractivity (Wildman–Crippen MR) is 59.3 cm³/mol. The fourth-order valence-electron chi connectivity index (χ4n) is 1.14. The van der Waals surface area contributed by atoms with Crippen molar-refractivity contribution in [3.63, 3.8) is 0 Å². The Labute approximate surface area is 90.8 Å². The standard InChI is InChI=1S/C10H21N3O2/c1-4-5-6-12-10(15)13-8(7(2)3)9(11)14/h7-8H,4-6H2,1-3H3,(H2,11,14)(H2,12,13,15). The van der Waals surface area contributed by atoms with Gasteiger partial charge in [0.2, 0.25) is 5.91 Å². The van der Waals surface area contributed by atoms with Crippen molar-refractivity contribution in [2.45, 2.75) is 39.7 Å². The monoisotopic (exact) mass is 215 g/mol. The quantitative estimate of drug-likeness (QED) is 0.567. The van der Waals surface area contributed by atoms with E-state index in [1.807, 2.05) is 20.8 Å². The van der Waals surface area contributed by atoms with Gasteiger partial charge in [-0.2, -0.15) is 0 Å². The first-order valence-electron chi connectivity index (χ1n) is 5.32. The van der Waals surface area contributed by atoms with Crippen LogP contribution in [0.1, 0.15) is 33.6 Å². The molecule has 0 aromatic rings. The second-order valence-electron chi connectivity index (χ2n) is 3.88. The number of hydrogen-bond acceptors (Lipinski definition) is 2. The normalized spacial score (nSPS) is 12.3. The van der Waals surface area contributed by atoms with Crippen molar-refractivity contribution >= 4 is 11.9 Å². The lowest BCUT2D eigenvalue weighted by molar-refractivity contribution is -0.120. The number of nitrogens with two attached hydrogens (primary N) is 1. The molecule has 0 spiro atoms. The van der Waals surface area contributed by atoms with Crippen molar-refractivity contribution in [3.05, 3.63) is 0 Å². The van der Waals surface area contributed by atoms with E-state index in [4.69, 9.17) is 5.73 Å². The summed E-state index contributed by atoms with van der Waals surface area (Å²) < 4.78 is 0. The van der Waals surface area contributed by atoms with Gasteiger partial charge in [0.25, 0.3) is 0 Å². The van der Waals surface area contributed by atoms with Crippen LogP contribution in [0.4, 0.5) is 4.79 Å². The summed E-state index contributed by atoms with van der Waals surface area (Å²) in [5, 5.41) is 5.22. The summed E-state index contributed by atoms with van der Waals surface area (Å²) in [5.41, 5.74) is 5.16. The molecule has 0 aromatic heterocycles. The zero-order valence-corrected chi connectivity index (χ0v) is 9.67. The first-order valence-corrected chi connectivity index (χ1v) is 5.32. The second kappa shape index (κ2) is 7.09. The Kier molecular flexibility index (Phi) is 6.49. The van der Waals surface area contributed by atoms with Gasteiger partial charge in [0.1, 0.15) is 6.04 Å². The Balaban J connectivity index is 3.95. The molecule has 5 heteroatoms. The van der Waals surface area contributed by atoms with Crippen LogP contribution in [0.2, 0.25) is 0 Å². The molecule has 0 saturated carbocycles. The lowest BCUT2D eigenvalue weighted by atomic mass is 10.0. The summed E-state index contributed by atoms with van der Waals surface area (Å²) >= 11 is 0. The molecule has 0 heterocycles. The van der Waals surface area contributed by atoms with Crippen molar-refractivity contribution in [1.29, 1.82) is 0 Å². The van der Waals surface area contributed by atoms with Crippen molar-refractivity contribution < 1.29 is 9.59 Å². The molecule has 0 aliphatic rings. The zero-order chi connectivity index (χ0) is 11.8. The van der Waals surface area contributed by atoms with Crippen molar-refractivity contribution in [2.24, 2.45) is 11.7 Å². The molecule has 15 heavy (non-hydrogen) atoms. The summed E-state index contributed by atoms with van der Waals surface area (Å²) in [6, 6.07) is -0.937. The molecule has 0 aliphatic heterocycles. The van der Waals surface area contributed by atoms with Gasteiger partial charge in [0.15, 0.2) is 0 Å². The molecule has 5 nitrogen and oxygen atoms in total. The van der Waals surface area contributed by atoms with Crippen LogP contribution in [0.25, 0.3) is 0 Å². The molecule has 0 saturated heterocycles. The molecule has 0 radical (unpaired) electrons. The van der Waals surface area contributed by atoms with E-state index in [0.717, 1.165) is 12.8 Å². The van der Waals surface area contributed by atoms with E-state index < -0.39 is 11.9 Å². The van der Waals surface area contributed by atoms with Crippen LogP contribution in [0.5, 0.6) is 0 Å². The maximum atomic E-state index is 11.3. The van der Waals surface area contributed by atoms with E-state index in [1.165, 1.54) is 0 Å². The van der Waals surface area contributed by atoms with E-state index in [-0.39, 0.29) is 11.9 Å². The Morgan fingerprint density at radius 3 is 2.33 bits per heavy atom. The fraction of sp³-hybridized carbons (Fsp3) is 0.800. The van der Waals surface area contributed by atoms with Gasteiger partial charge in [-0.05, 0) is 12.3 Å². The molecule has 88 valence electrons. The van der Waals surface area contributed by atoms with Gasteiger partial charge >= 0.3 is 6.03 Å². The third kappa shape index (κ3) is 5.93.